The van der Waals surface area contributed by atoms with Gasteiger partial charge in [0.1, 0.15) is 79.4 Å². The second-order valence-corrected chi connectivity index (χ2v) is 23.8. The quantitative estimate of drug-likeness (QED) is 0.137. The van der Waals surface area contributed by atoms with Crippen LogP contribution in [-0.4, -0.2) is 205 Å². The van der Waals surface area contributed by atoms with Gasteiger partial charge in [0.15, 0.2) is 30.9 Å². The molecule has 406 valence electrons. The minimum absolute atomic E-state index is 0.0541. The highest BCUT2D eigenvalue weighted by molar-refractivity contribution is 5.26. The molecule has 31 atom stereocenters. The number of ether oxygens (including phenoxy) is 10. The molecule has 0 aromatic carbocycles. The van der Waals surface area contributed by atoms with Crippen molar-refractivity contribution in [2.24, 2.45) is 46.3 Å². The predicted molar refractivity (Wildman–Crippen MR) is 244 cm³/mol. The molecule has 10 aliphatic rings. The Morgan fingerprint density at radius 3 is 1.80 bits per heavy atom. The fraction of sp³-hybridized carbons (Fsp3) is 0.961. The van der Waals surface area contributed by atoms with E-state index in [0.717, 1.165) is 51.6 Å². The lowest BCUT2D eigenvalue weighted by molar-refractivity contribution is -0.400. The van der Waals surface area contributed by atoms with Crippen molar-refractivity contribution >= 4 is 0 Å². The monoisotopic (exact) mass is 1010 g/mol. The standard InChI is InChI=1S/C51H82O20/c1-20-10-15-51(62-19-20)21(2)32-30(71-51)17-29-27-9-8-25-16-26(11-13-49(25,6)28(27)12-14-50(29,32)7)66-47-41(61)43(69-45-39(59)36(56)33(53)22(3)63-45)42(31(18-52)67-47)68-48-44(38(58)35(55)24(5)65-48)70-46-40(60)37(57)34(54)23(4)64-46/h8,20-24,26-48,52-61H,9-19H2,1-7H3. The van der Waals surface area contributed by atoms with Gasteiger partial charge < -0.3 is 98.4 Å². The summed E-state index contributed by atoms with van der Waals surface area (Å²) in [5.41, 5.74) is 1.44. The molecule has 0 radical (unpaired) electrons. The molecule has 0 amide bonds. The van der Waals surface area contributed by atoms with Crippen molar-refractivity contribution in [2.45, 2.75) is 247 Å². The summed E-state index contributed by atoms with van der Waals surface area (Å²) < 4.78 is 62.7. The predicted octanol–water partition coefficient (Wildman–Crippen LogP) is 0.0935. The van der Waals surface area contributed by atoms with E-state index in [9.17, 15) is 51.1 Å². The first-order valence-electron chi connectivity index (χ1n) is 26.6. The Bertz CT molecular complexity index is 1890. The number of aliphatic hydroxyl groups is 10. The minimum Gasteiger partial charge on any atom is -0.394 e. The van der Waals surface area contributed by atoms with E-state index < -0.39 is 141 Å². The molecule has 6 saturated heterocycles. The molecule has 1 spiro atoms. The van der Waals surface area contributed by atoms with E-state index in [2.05, 4.69) is 33.8 Å². The van der Waals surface area contributed by atoms with Crippen LogP contribution in [0, 0.1) is 46.3 Å². The Kier molecular flexibility index (Phi) is 15.1. The Hall–Kier alpha value is -1.06. The van der Waals surface area contributed by atoms with Crippen molar-refractivity contribution in [1.29, 1.82) is 0 Å². The third-order valence-electron chi connectivity index (χ3n) is 19.7. The molecule has 3 saturated carbocycles. The molecule has 6 aliphatic heterocycles. The van der Waals surface area contributed by atoms with Crippen molar-refractivity contribution in [2.75, 3.05) is 13.2 Å². The summed E-state index contributed by atoms with van der Waals surface area (Å²) in [5, 5.41) is 110. The molecule has 31 unspecified atom stereocenters. The first kappa shape index (κ1) is 53.3. The first-order chi connectivity index (χ1) is 33.6. The molecule has 10 N–H and O–H groups in total. The number of hydrogen-bond acceptors (Lipinski definition) is 20. The number of aliphatic hydroxyl groups excluding tert-OH is 10. The van der Waals surface area contributed by atoms with E-state index in [4.69, 9.17) is 47.4 Å². The van der Waals surface area contributed by atoms with Crippen molar-refractivity contribution in [3.8, 4) is 0 Å². The van der Waals surface area contributed by atoms with Crippen molar-refractivity contribution in [3.63, 3.8) is 0 Å². The maximum absolute atomic E-state index is 12.3. The summed E-state index contributed by atoms with van der Waals surface area (Å²) in [6, 6.07) is 0. The lowest BCUT2D eigenvalue weighted by Gasteiger charge is -2.58. The molecule has 6 heterocycles. The summed E-state index contributed by atoms with van der Waals surface area (Å²) in [4.78, 5) is 0. The molecule has 71 heavy (non-hydrogen) atoms. The van der Waals surface area contributed by atoms with E-state index in [-0.39, 0.29) is 16.9 Å². The van der Waals surface area contributed by atoms with Gasteiger partial charge >= 0.3 is 0 Å². The number of rotatable bonds is 9. The van der Waals surface area contributed by atoms with E-state index >= 15 is 0 Å². The average molecular weight is 1020 g/mol. The van der Waals surface area contributed by atoms with Crippen LogP contribution < -0.4 is 0 Å². The highest BCUT2D eigenvalue weighted by Crippen LogP contribution is 2.71. The fourth-order valence-electron chi connectivity index (χ4n) is 15.4. The Morgan fingerprint density at radius 1 is 0.592 bits per heavy atom. The lowest BCUT2D eigenvalue weighted by atomic mass is 9.47. The van der Waals surface area contributed by atoms with Gasteiger partial charge in [-0.2, -0.15) is 0 Å². The van der Waals surface area contributed by atoms with Gasteiger partial charge in [0, 0.05) is 12.3 Å². The van der Waals surface area contributed by atoms with E-state index in [1.165, 1.54) is 26.3 Å². The van der Waals surface area contributed by atoms with Crippen LogP contribution in [0.4, 0.5) is 0 Å². The van der Waals surface area contributed by atoms with Crippen LogP contribution in [-0.2, 0) is 47.4 Å². The topological polar surface area (TPSA) is 295 Å². The van der Waals surface area contributed by atoms with Crippen LogP contribution in [0.25, 0.3) is 0 Å². The number of hydrogen-bond donors (Lipinski definition) is 10. The van der Waals surface area contributed by atoms with Crippen LogP contribution in [0.1, 0.15) is 106 Å². The SMILES string of the molecule is CC1CCC2(OC1)OC1CC3C4CC=C5CC(OC6OC(CO)C(OC7OC(C)C(O)C(O)C7OC7OC(C)C(O)C(O)C7O)C(OC7OC(C)C(O)C(O)C7O)C6O)CCC5(C)C4CCC3(C)C1C2C. The normalized spacial score (nSPS) is 58.4. The molecule has 10 rings (SSSR count). The third-order valence-corrected chi connectivity index (χ3v) is 19.7. The zero-order valence-electron chi connectivity index (χ0n) is 42.1. The first-order valence-corrected chi connectivity index (χ1v) is 26.6. The maximum Gasteiger partial charge on any atom is 0.187 e. The molecule has 0 aromatic heterocycles. The van der Waals surface area contributed by atoms with Crippen LogP contribution in [0.2, 0.25) is 0 Å². The molecular formula is C51H82O20. The minimum atomic E-state index is -1.81. The Labute approximate surface area is 415 Å². The highest BCUT2D eigenvalue weighted by Gasteiger charge is 2.69. The molecule has 20 nitrogen and oxygen atoms in total. The van der Waals surface area contributed by atoms with Crippen LogP contribution in [0.15, 0.2) is 11.6 Å². The Morgan fingerprint density at radius 2 is 1.18 bits per heavy atom. The summed E-state index contributed by atoms with van der Waals surface area (Å²) in [6.45, 7) is 14.0. The van der Waals surface area contributed by atoms with E-state index in [1.807, 2.05) is 0 Å². The van der Waals surface area contributed by atoms with E-state index in [1.54, 1.807) is 0 Å². The number of fused-ring (bicyclic) bond motifs is 7. The zero-order chi connectivity index (χ0) is 50.8. The summed E-state index contributed by atoms with van der Waals surface area (Å²) in [6.07, 6.45) is -19.9. The van der Waals surface area contributed by atoms with Gasteiger partial charge in [-0.3, -0.25) is 0 Å². The van der Waals surface area contributed by atoms with Gasteiger partial charge in [-0.1, -0.05) is 39.3 Å². The second kappa shape index (κ2) is 20.1. The maximum atomic E-state index is 12.3. The van der Waals surface area contributed by atoms with Crippen LogP contribution in [0.3, 0.4) is 0 Å². The van der Waals surface area contributed by atoms with Crippen molar-refractivity contribution < 1.29 is 98.4 Å². The van der Waals surface area contributed by atoms with Crippen LogP contribution in [0.5, 0.6) is 0 Å². The summed E-state index contributed by atoms with van der Waals surface area (Å²) in [5.74, 6) is 2.47. The van der Waals surface area contributed by atoms with Gasteiger partial charge in [0.05, 0.1) is 43.7 Å². The molecule has 20 heteroatoms. The molecule has 4 aliphatic carbocycles. The van der Waals surface area contributed by atoms with Gasteiger partial charge in [-0.05, 0) is 113 Å². The van der Waals surface area contributed by atoms with E-state index in [0.29, 0.717) is 48.3 Å². The van der Waals surface area contributed by atoms with Gasteiger partial charge in [0.2, 0.25) is 0 Å². The summed E-state index contributed by atoms with van der Waals surface area (Å²) in [7, 11) is 0. The third kappa shape index (κ3) is 9.03. The number of allylic oxidation sites excluding steroid dienone is 1. The lowest BCUT2D eigenvalue weighted by Crippen LogP contribution is -2.67. The molecular weight excluding hydrogens is 933 g/mol. The van der Waals surface area contributed by atoms with Gasteiger partial charge in [-0.15, -0.1) is 0 Å². The highest BCUT2D eigenvalue weighted by atomic mass is 16.8. The molecule has 9 fully saturated rings. The second-order valence-electron chi connectivity index (χ2n) is 23.8. The average Bonchev–Trinajstić information content (AvgIpc) is 3.79. The molecule has 0 bridgehead atoms. The smallest absolute Gasteiger partial charge is 0.187 e. The van der Waals surface area contributed by atoms with Crippen molar-refractivity contribution in [1.82, 2.24) is 0 Å². The largest absolute Gasteiger partial charge is 0.394 e. The molecule has 0 aromatic rings. The Balaban J connectivity index is 0.864. The fourth-order valence-corrected chi connectivity index (χ4v) is 15.4. The zero-order valence-corrected chi connectivity index (χ0v) is 42.1. The van der Waals surface area contributed by atoms with Crippen LogP contribution >= 0.6 is 0 Å². The van der Waals surface area contributed by atoms with Gasteiger partial charge in [-0.25, -0.2) is 0 Å². The summed E-state index contributed by atoms with van der Waals surface area (Å²) >= 11 is 0. The van der Waals surface area contributed by atoms with Crippen molar-refractivity contribution in [3.05, 3.63) is 11.6 Å². The van der Waals surface area contributed by atoms with Gasteiger partial charge in [0.25, 0.3) is 0 Å².